The van der Waals surface area contributed by atoms with Gasteiger partial charge in [-0.25, -0.2) is 9.78 Å². The summed E-state index contributed by atoms with van der Waals surface area (Å²) in [5, 5.41) is 19.4. The minimum absolute atomic E-state index is 0.0423. The van der Waals surface area contributed by atoms with Crippen molar-refractivity contribution < 1.29 is 19.8 Å². The van der Waals surface area contributed by atoms with E-state index in [1.807, 2.05) is 0 Å². The van der Waals surface area contributed by atoms with Crippen molar-refractivity contribution in [3.8, 4) is 0 Å². The second-order valence-corrected chi connectivity index (χ2v) is 4.41. The second-order valence-electron chi connectivity index (χ2n) is 3.58. The molecule has 1 saturated heterocycles. The lowest BCUT2D eigenvalue weighted by atomic mass is 10.1. The standard InChI is InChI=1S/C9H10N2O4S/c12-3-5-1-7(13)11(2-5)9-10-6(4-16-9)8(14)15/h4-5,12H,1-3H2,(H,14,15). The number of carboxylic acid groups (broad SMARTS) is 1. The van der Waals surface area contributed by atoms with Gasteiger partial charge >= 0.3 is 5.97 Å². The summed E-state index contributed by atoms with van der Waals surface area (Å²) in [5.74, 6) is -1.30. The van der Waals surface area contributed by atoms with E-state index in [0.717, 1.165) is 11.3 Å². The third kappa shape index (κ3) is 1.91. The van der Waals surface area contributed by atoms with Crippen LogP contribution in [0, 0.1) is 5.92 Å². The van der Waals surface area contributed by atoms with Gasteiger partial charge in [0.2, 0.25) is 5.91 Å². The van der Waals surface area contributed by atoms with Crippen LogP contribution in [0.4, 0.5) is 5.13 Å². The van der Waals surface area contributed by atoms with Crippen molar-refractivity contribution in [1.29, 1.82) is 0 Å². The van der Waals surface area contributed by atoms with Crippen LogP contribution < -0.4 is 4.90 Å². The molecular formula is C9H10N2O4S. The molecule has 1 aliphatic rings. The average molecular weight is 242 g/mol. The van der Waals surface area contributed by atoms with Gasteiger partial charge in [-0.05, 0) is 0 Å². The smallest absolute Gasteiger partial charge is 0.355 e. The van der Waals surface area contributed by atoms with Gasteiger partial charge in [-0.2, -0.15) is 0 Å². The fraction of sp³-hybridized carbons (Fsp3) is 0.444. The molecule has 1 aliphatic heterocycles. The summed E-state index contributed by atoms with van der Waals surface area (Å²) < 4.78 is 0. The van der Waals surface area contributed by atoms with Gasteiger partial charge in [-0.3, -0.25) is 9.69 Å². The van der Waals surface area contributed by atoms with Crippen molar-refractivity contribution in [2.24, 2.45) is 5.92 Å². The molecule has 0 aromatic carbocycles. The molecule has 1 atom stereocenters. The van der Waals surface area contributed by atoms with Crippen LogP contribution in [-0.2, 0) is 4.79 Å². The predicted molar refractivity (Wildman–Crippen MR) is 56.6 cm³/mol. The zero-order chi connectivity index (χ0) is 11.7. The molecule has 0 spiro atoms. The molecule has 2 N–H and O–H groups in total. The highest BCUT2D eigenvalue weighted by Crippen LogP contribution is 2.27. The Kier molecular flexibility index (Phi) is 2.88. The van der Waals surface area contributed by atoms with Gasteiger partial charge in [0.25, 0.3) is 0 Å². The van der Waals surface area contributed by atoms with Crippen LogP contribution in [0.1, 0.15) is 16.9 Å². The number of carbonyl (C=O) groups is 2. The van der Waals surface area contributed by atoms with Crippen molar-refractivity contribution in [3.63, 3.8) is 0 Å². The largest absolute Gasteiger partial charge is 0.476 e. The zero-order valence-corrected chi connectivity index (χ0v) is 9.11. The third-order valence-corrected chi connectivity index (χ3v) is 3.27. The minimum Gasteiger partial charge on any atom is -0.476 e. The quantitative estimate of drug-likeness (QED) is 0.789. The number of nitrogens with zero attached hydrogens (tertiary/aromatic N) is 2. The molecule has 16 heavy (non-hydrogen) atoms. The van der Waals surface area contributed by atoms with Crippen molar-refractivity contribution >= 4 is 28.3 Å². The summed E-state index contributed by atoms with van der Waals surface area (Å²) in [6.45, 7) is 0.362. The minimum atomic E-state index is -1.10. The Balaban J connectivity index is 2.18. The number of aliphatic hydroxyl groups excluding tert-OH is 1. The fourth-order valence-corrected chi connectivity index (χ4v) is 2.40. The fourth-order valence-electron chi connectivity index (χ4n) is 1.58. The van der Waals surface area contributed by atoms with E-state index in [1.54, 1.807) is 0 Å². The molecule has 7 heteroatoms. The Labute approximate surface area is 95.1 Å². The van der Waals surface area contributed by atoms with E-state index in [-0.39, 0.29) is 24.1 Å². The van der Waals surface area contributed by atoms with E-state index in [9.17, 15) is 9.59 Å². The maximum atomic E-state index is 11.6. The number of carboxylic acids is 1. The molecule has 1 aromatic rings. The van der Waals surface area contributed by atoms with E-state index >= 15 is 0 Å². The molecule has 2 rings (SSSR count). The van der Waals surface area contributed by atoms with Crippen molar-refractivity contribution in [2.75, 3.05) is 18.1 Å². The Bertz CT molecular complexity index is 431. The third-order valence-electron chi connectivity index (χ3n) is 2.41. The number of aliphatic hydroxyl groups is 1. The molecule has 1 amide bonds. The normalized spacial score (nSPS) is 20.4. The SMILES string of the molecule is O=C(O)c1csc(N2CC(CO)CC2=O)n1. The number of amides is 1. The van der Waals surface area contributed by atoms with Crippen molar-refractivity contribution in [2.45, 2.75) is 6.42 Å². The van der Waals surface area contributed by atoms with Crippen LogP contribution in [-0.4, -0.2) is 40.2 Å². The lowest BCUT2D eigenvalue weighted by molar-refractivity contribution is -0.117. The lowest BCUT2D eigenvalue weighted by Gasteiger charge is -2.11. The molecule has 1 aromatic heterocycles. The summed E-state index contributed by atoms with van der Waals surface area (Å²) in [4.78, 5) is 27.5. The Morgan fingerprint density at radius 2 is 2.44 bits per heavy atom. The second kappa shape index (κ2) is 4.18. The first-order valence-corrected chi connectivity index (χ1v) is 5.60. The Hall–Kier alpha value is -1.47. The molecule has 2 heterocycles. The van der Waals surface area contributed by atoms with Gasteiger partial charge in [0.1, 0.15) is 0 Å². The van der Waals surface area contributed by atoms with E-state index in [2.05, 4.69) is 4.98 Å². The number of carbonyl (C=O) groups excluding carboxylic acids is 1. The first kappa shape index (κ1) is 11.0. The number of hydrogen-bond donors (Lipinski definition) is 2. The van der Waals surface area contributed by atoms with E-state index in [0.29, 0.717) is 18.1 Å². The highest BCUT2D eigenvalue weighted by molar-refractivity contribution is 7.14. The first-order chi connectivity index (χ1) is 7.61. The van der Waals surface area contributed by atoms with Crippen LogP contribution >= 0.6 is 11.3 Å². The monoisotopic (exact) mass is 242 g/mol. The van der Waals surface area contributed by atoms with Crippen LogP contribution in [0.2, 0.25) is 0 Å². The number of aromatic nitrogens is 1. The lowest BCUT2D eigenvalue weighted by Crippen LogP contribution is -2.24. The van der Waals surface area contributed by atoms with Crippen LogP contribution in [0.15, 0.2) is 5.38 Å². The Morgan fingerprint density at radius 1 is 1.69 bits per heavy atom. The summed E-state index contributed by atoms with van der Waals surface area (Å²) >= 11 is 1.12. The van der Waals surface area contributed by atoms with Gasteiger partial charge < -0.3 is 10.2 Å². The van der Waals surface area contributed by atoms with Crippen molar-refractivity contribution in [1.82, 2.24) is 4.98 Å². The molecule has 1 unspecified atom stereocenters. The van der Waals surface area contributed by atoms with Gasteiger partial charge in [-0.15, -0.1) is 11.3 Å². The first-order valence-electron chi connectivity index (χ1n) is 4.72. The number of thiazole rings is 1. The van der Waals surface area contributed by atoms with Gasteiger partial charge in [-0.1, -0.05) is 0 Å². The summed E-state index contributed by atoms with van der Waals surface area (Å²) in [5.41, 5.74) is -0.0553. The highest BCUT2D eigenvalue weighted by atomic mass is 32.1. The summed E-state index contributed by atoms with van der Waals surface area (Å²) in [6, 6.07) is 0. The zero-order valence-electron chi connectivity index (χ0n) is 8.29. The van der Waals surface area contributed by atoms with Crippen LogP contribution in [0.5, 0.6) is 0 Å². The molecule has 0 aliphatic carbocycles. The van der Waals surface area contributed by atoms with E-state index in [1.165, 1.54) is 10.3 Å². The molecule has 0 radical (unpaired) electrons. The van der Waals surface area contributed by atoms with Gasteiger partial charge in [0, 0.05) is 30.9 Å². The molecule has 1 fully saturated rings. The Morgan fingerprint density at radius 3 is 2.94 bits per heavy atom. The predicted octanol–water partition coefficient (Wildman–Crippen LogP) is 0.186. The summed E-state index contributed by atoms with van der Waals surface area (Å²) in [7, 11) is 0. The highest BCUT2D eigenvalue weighted by Gasteiger charge is 2.32. The number of anilines is 1. The molecular weight excluding hydrogens is 232 g/mol. The number of rotatable bonds is 3. The molecule has 0 bridgehead atoms. The number of aromatic carboxylic acids is 1. The van der Waals surface area contributed by atoms with Gasteiger partial charge in [0.15, 0.2) is 10.8 Å². The molecule has 0 saturated carbocycles. The van der Waals surface area contributed by atoms with E-state index < -0.39 is 5.97 Å². The topological polar surface area (TPSA) is 90.7 Å². The summed E-state index contributed by atoms with van der Waals surface area (Å²) in [6.07, 6.45) is 0.290. The van der Waals surface area contributed by atoms with Crippen LogP contribution in [0.25, 0.3) is 0 Å². The average Bonchev–Trinajstić information content (AvgIpc) is 2.83. The van der Waals surface area contributed by atoms with Crippen molar-refractivity contribution in [3.05, 3.63) is 11.1 Å². The maximum Gasteiger partial charge on any atom is 0.355 e. The maximum absolute atomic E-state index is 11.6. The van der Waals surface area contributed by atoms with E-state index in [4.69, 9.17) is 10.2 Å². The molecule has 86 valence electrons. The number of hydrogen-bond acceptors (Lipinski definition) is 5. The van der Waals surface area contributed by atoms with Crippen LogP contribution in [0.3, 0.4) is 0 Å². The molecule has 6 nitrogen and oxygen atoms in total. The van der Waals surface area contributed by atoms with Gasteiger partial charge in [0.05, 0.1) is 0 Å².